The first-order valence-corrected chi connectivity index (χ1v) is 6.36. The second-order valence-electron chi connectivity index (χ2n) is 4.75. The number of amides is 1. The monoisotopic (exact) mass is 251 g/mol. The molecule has 3 rings (SSSR count). The Morgan fingerprint density at radius 2 is 2.44 bits per heavy atom. The highest BCUT2D eigenvalue weighted by Crippen LogP contribution is 2.24. The van der Waals surface area contributed by atoms with Crippen LogP contribution < -0.4 is 5.73 Å². The van der Waals surface area contributed by atoms with Crippen molar-refractivity contribution in [2.24, 2.45) is 5.73 Å². The van der Waals surface area contributed by atoms with E-state index in [2.05, 4.69) is 5.16 Å². The smallest absolute Gasteiger partial charge is 0.252 e. The fourth-order valence-corrected chi connectivity index (χ4v) is 2.59. The van der Waals surface area contributed by atoms with E-state index in [4.69, 9.17) is 15.0 Å². The molecular formula is C12H17N3O3. The van der Waals surface area contributed by atoms with Gasteiger partial charge in [-0.05, 0) is 12.8 Å². The molecule has 6 nitrogen and oxygen atoms in total. The first kappa shape index (κ1) is 11.7. The number of ether oxygens (including phenoxy) is 1. The third kappa shape index (κ3) is 1.91. The Balaban J connectivity index is 1.75. The molecule has 1 aromatic rings. The van der Waals surface area contributed by atoms with Gasteiger partial charge in [0.05, 0.1) is 6.54 Å². The second-order valence-corrected chi connectivity index (χ2v) is 4.75. The van der Waals surface area contributed by atoms with Crippen molar-refractivity contribution in [3.63, 3.8) is 0 Å². The quantitative estimate of drug-likeness (QED) is 0.811. The van der Waals surface area contributed by atoms with Gasteiger partial charge < -0.3 is 19.9 Å². The molecule has 98 valence electrons. The summed E-state index contributed by atoms with van der Waals surface area (Å²) in [5.74, 6) is 0.953. The molecule has 1 saturated heterocycles. The molecule has 2 aliphatic heterocycles. The van der Waals surface area contributed by atoms with E-state index in [0.29, 0.717) is 32.7 Å². The summed E-state index contributed by atoms with van der Waals surface area (Å²) in [6.07, 6.45) is 2.25. The minimum Gasteiger partial charge on any atom is -0.368 e. The van der Waals surface area contributed by atoms with E-state index in [-0.39, 0.29) is 12.0 Å². The van der Waals surface area contributed by atoms with Gasteiger partial charge in [-0.3, -0.25) is 4.79 Å². The van der Waals surface area contributed by atoms with Gasteiger partial charge in [0.15, 0.2) is 0 Å². The number of nitrogens with zero attached hydrogens (tertiary/aromatic N) is 2. The summed E-state index contributed by atoms with van der Waals surface area (Å²) in [5.41, 5.74) is 7.35. The fraction of sp³-hybridized carbons (Fsp3) is 0.667. The summed E-state index contributed by atoms with van der Waals surface area (Å²) in [6.45, 7) is 2.26. The first-order valence-electron chi connectivity index (χ1n) is 6.36. The van der Waals surface area contributed by atoms with E-state index in [1.54, 1.807) is 0 Å². The predicted molar refractivity (Wildman–Crippen MR) is 62.5 cm³/mol. The van der Waals surface area contributed by atoms with Crippen LogP contribution in [0.5, 0.6) is 0 Å². The molecule has 6 heteroatoms. The van der Waals surface area contributed by atoms with Crippen LogP contribution in [0.25, 0.3) is 0 Å². The van der Waals surface area contributed by atoms with Crippen molar-refractivity contribution >= 4 is 5.91 Å². The van der Waals surface area contributed by atoms with Gasteiger partial charge in [-0.25, -0.2) is 0 Å². The molecule has 0 radical (unpaired) electrons. The Kier molecular flexibility index (Phi) is 3.05. The highest BCUT2D eigenvalue weighted by molar-refractivity contribution is 5.81. The van der Waals surface area contributed by atoms with Crippen molar-refractivity contribution in [1.29, 1.82) is 0 Å². The molecule has 0 saturated carbocycles. The summed E-state index contributed by atoms with van der Waals surface area (Å²) in [7, 11) is 0. The van der Waals surface area contributed by atoms with Gasteiger partial charge in [0, 0.05) is 31.7 Å². The van der Waals surface area contributed by atoms with Crippen molar-refractivity contribution in [2.45, 2.75) is 38.5 Å². The first-order chi connectivity index (χ1) is 8.79. The molecule has 0 aromatic carbocycles. The standard InChI is InChI=1S/C12H17N3O3/c13-6-9-8-7-15(4-3-10(8)18-14-9)12(16)11-2-1-5-17-11/h11H,1-7,13H2. The molecular weight excluding hydrogens is 234 g/mol. The lowest BCUT2D eigenvalue weighted by atomic mass is 10.0. The molecule has 1 aromatic heterocycles. The lowest BCUT2D eigenvalue weighted by Gasteiger charge is -2.28. The molecule has 1 atom stereocenters. The third-order valence-electron chi connectivity index (χ3n) is 3.62. The maximum atomic E-state index is 12.3. The molecule has 1 amide bonds. The molecule has 0 aliphatic carbocycles. The Morgan fingerprint density at radius 1 is 1.56 bits per heavy atom. The van der Waals surface area contributed by atoms with Crippen molar-refractivity contribution in [3.8, 4) is 0 Å². The lowest BCUT2D eigenvalue weighted by Crippen LogP contribution is -2.41. The number of rotatable bonds is 2. The number of hydrogen-bond acceptors (Lipinski definition) is 5. The summed E-state index contributed by atoms with van der Waals surface area (Å²) < 4.78 is 10.7. The summed E-state index contributed by atoms with van der Waals surface area (Å²) in [6, 6.07) is 0. The third-order valence-corrected chi connectivity index (χ3v) is 3.62. The van der Waals surface area contributed by atoms with Crippen molar-refractivity contribution in [3.05, 3.63) is 17.0 Å². The average molecular weight is 251 g/mol. The summed E-state index contributed by atoms with van der Waals surface area (Å²) in [5, 5.41) is 3.94. The topological polar surface area (TPSA) is 81.6 Å². The molecule has 3 heterocycles. The molecule has 0 spiro atoms. The molecule has 1 unspecified atom stereocenters. The zero-order chi connectivity index (χ0) is 12.5. The van der Waals surface area contributed by atoms with Crippen molar-refractivity contribution in [1.82, 2.24) is 10.1 Å². The van der Waals surface area contributed by atoms with E-state index >= 15 is 0 Å². The number of fused-ring (bicyclic) bond motifs is 1. The number of hydrogen-bond donors (Lipinski definition) is 1. The van der Waals surface area contributed by atoms with Crippen LogP contribution in [0.4, 0.5) is 0 Å². The van der Waals surface area contributed by atoms with E-state index in [0.717, 1.165) is 29.9 Å². The van der Waals surface area contributed by atoms with E-state index in [1.807, 2.05) is 4.90 Å². The average Bonchev–Trinajstić information content (AvgIpc) is 3.06. The summed E-state index contributed by atoms with van der Waals surface area (Å²) in [4.78, 5) is 14.1. The van der Waals surface area contributed by atoms with Crippen molar-refractivity contribution < 1.29 is 14.1 Å². The van der Waals surface area contributed by atoms with Gasteiger partial charge >= 0.3 is 0 Å². The molecule has 18 heavy (non-hydrogen) atoms. The van der Waals surface area contributed by atoms with Crippen LogP contribution in [0.3, 0.4) is 0 Å². The number of nitrogens with two attached hydrogens (primary N) is 1. The molecule has 2 aliphatic rings. The molecule has 0 bridgehead atoms. The Morgan fingerprint density at radius 3 is 3.17 bits per heavy atom. The van der Waals surface area contributed by atoms with Crippen LogP contribution in [0, 0.1) is 0 Å². The highest BCUT2D eigenvalue weighted by Gasteiger charge is 2.32. The summed E-state index contributed by atoms with van der Waals surface area (Å²) >= 11 is 0. The number of aromatic nitrogens is 1. The van der Waals surface area contributed by atoms with Gasteiger partial charge in [-0.2, -0.15) is 0 Å². The fourth-order valence-electron chi connectivity index (χ4n) is 2.59. The normalized spacial score (nSPS) is 23.2. The maximum absolute atomic E-state index is 12.3. The van der Waals surface area contributed by atoms with E-state index < -0.39 is 0 Å². The zero-order valence-corrected chi connectivity index (χ0v) is 10.2. The minimum absolute atomic E-state index is 0.0855. The Hall–Kier alpha value is -1.40. The Bertz CT molecular complexity index is 438. The van der Waals surface area contributed by atoms with E-state index in [9.17, 15) is 4.79 Å². The van der Waals surface area contributed by atoms with Crippen LogP contribution >= 0.6 is 0 Å². The van der Waals surface area contributed by atoms with Gasteiger partial charge in [-0.1, -0.05) is 5.16 Å². The second kappa shape index (κ2) is 4.70. The molecule has 1 fully saturated rings. The highest BCUT2D eigenvalue weighted by atomic mass is 16.5. The van der Waals surface area contributed by atoms with Crippen LogP contribution in [0.1, 0.15) is 29.9 Å². The SMILES string of the molecule is NCc1noc2c1CN(C(=O)C1CCCO1)CC2. The maximum Gasteiger partial charge on any atom is 0.252 e. The largest absolute Gasteiger partial charge is 0.368 e. The minimum atomic E-state index is -0.257. The molecule has 2 N–H and O–H groups in total. The zero-order valence-electron chi connectivity index (χ0n) is 10.2. The van der Waals surface area contributed by atoms with E-state index in [1.165, 1.54) is 0 Å². The lowest BCUT2D eigenvalue weighted by molar-refractivity contribution is -0.141. The van der Waals surface area contributed by atoms with Crippen LogP contribution in [-0.2, 0) is 29.0 Å². The van der Waals surface area contributed by atoms with Crippen LogP contribution in [0.2, 0.25) is 0 Å². The van der Waals surface area contributed by atoms with Crippen molar-refractivity contribution in [2.75, 3.05) is 13.2 Å². The number of carbonyl (C=O) groups excluding carboxylic acids is 1. The van der Waals surface area contributed by atoms with Crippen LogP contribution in [-0.4, -0.2) is 35.2 Å². The predicted octanol–water partition coefficient (Wildman–Crippen LogP) is 0.197. The van der Waals surface area contributed by atoms with Gasteiger partial charge in [0.1, 0.15) is 17.6 Å². The van der Waals surface area contributed by atoms with Gasteiger partial charge in [-0.15, -0.1) is 0 Å². The van der Waals surface area contributed by atoms with Gasteiger partial charge in [0.2, 0.25) is 0 Å². The van der Waals surface area contributed by atoms with Gasteiger partial charge in [0.25, 0.3) is 5.91 Å². The Labute approximate surface area is 105 Å². The van der Waals surface area contributed by atoms with Crippen LogP contribution in [0.15, 0.2) is 4.52 Å². The number of carbonyl (C=O) groups is 1.